The van der Waals surface area contributed by atoms with Crippen molar-refractivity contribution in [1.82, 2.24) is 15.0 Å². The molecule has 7 heteroatoms. The molecule has 3 rings (SSSR count). The molecule has 1 aliphatic carbocycles. The number of esters is 1. The number of carbonyl (C=O) groups is 1. The fourth-order valence-electron chi connectivity index (χ4n) is 2.28. The summed E-state index contributed by atoms with van der Waals surface area (Å²) in [6.45, 7) is -0.0651. The van der Waals surface area contributed by atoms with Gasteiger partial charge in [-0.3, -0.25) is 4.79 Å². The first-order chi connectivity index (χ1) is 10.1. The highest BCUT2D eigenvalue weighted by Gasteiger charge is 2.52. The molecule has 21 heavy (non-hydrogen) atoms. The molecule has 2 aromatic rings. The van der Waals surface area contributed by atoms with Gasteiger partial charge in [0, 0.05) is 0 Å². The van der Waals surface area contributed by atoms with Gasteiger partial charge < -0.3 is 16.2 Å². The standard InChI is InChI=1S/C14H15N5O2/c15-12-17-10(18-13(16)19-12)8-21-11(20)14(6-7-14)9-4-2-1-3-5-9/h1-5H,6-8H2,(H4,15,16,17,18,19). The van der Waals surface area contributed by atoms with Crippen LogP contribution in [0.3, 0.4) is 0 Å². The molecule has 0 amide bonds. The summed E-state index contributed by atoms with van der Waals surface area (Å²) in [5.74, 6) is -0.000969. The summed E-state index contributed by atoms with van der Waals surface area (Å²) < 4.78 is 5.32. The molecule has 7 nitrogen and oxygen atoms in total. The Morgan fingerprint density at radius 1 is 1.10 bits per heavy atom. The Bertz CT molecular complexity index is 650. The number of hydrogen-bond acceptors (Lipinski definition) is 7. The molecule has 0 spiro atoms. The average Bonchev–Trinajstić information content (AvgIpc) is 3.26. The van der Waals surface area contributed by atoms with Gasteiger partial charge in [0.15, 0.2) is 12.4 Å². The number of anilines is 2. The summed E-state index contributed by atoms with van der Waals surface area (Å²) >= 11 is 0. The Hall–Kier alpha value is -2.70. The Labute approximate surface area is 121 Å². The molecule has 0 radical (unpaired) electrons. The summed E-state index contributed by atoms with van der Waals surface area (Å²) in [4.78, 5) is 23.7. The molecule has 1 aliphatic rings. The van der Waals surface area contributed by atoms with E-state index in [9.17, 15) is 4.79 Å². The van der Waals surface area contributed by atoms with Gasteiger partial charge in [-0.15, -0.1) is 0 Å². The van der Waals surface area contributed by atoms with Crippen molar-refractivity contribution in [3.05, 3.63) is 41.7 Å². The van der Waals surface area contributed by atoms with Crippen molar-refractivity contribution in [3.63, 3.8) is 0 Å². The van der Waals surface area contributed by atoms with Crippen molar-refractivity contribution in [1.29, 1.82) is 0 Å². The SMILES string of the molecule is Nc1nc(N)nc(COC(=O)C2(c3ccccc3)CC2)n1. The first kappa shape index (κ1) is 13.3. The lowest BCUT2D eigenvalue weighted by Gasteiger charge is -2.14. The maximum Gasteiger partial charge on any atom is 0.317 e. The first-order valence-corrected chi connectivity index (χ1v) is 6.59. The van der Waals surface area contributed by atoms with E-state index in [1.54, 1.807) is 0 Å². The van der Waals surface area contributed by atoms with Crippen LogP contribution in [-0.4, -0.2) is 20.9 Å². The fraction of sp³-hybridized carbons (Fsp3) is 0.286. The summed E-state index contributed by atoms with van der Waals surface area (Å²) in [5, 5.41) is 0. The van der Waals surface area contributed by atoms with Crippen molar-refractivity contribution >= 4 is 17.9 Å². The average molecular weight is 285 g/mol. The van der Waals surface area contributed by atoms with Crippen molar-refractivity contribution < 1.29 is 9.53 Å². The van der Waals surface area contributed by atoms with E-state index in [1.165, 1.54) is 0 Å². The second kappa shape index (κ2) is 5.01. The maximum absolute atomic E-state index is 12.3. The second-order valence-corrected chi connectivity index (χ2v) is 4.99. The van der Waals surface area contributed by atoms with E-state index in [-0.39, 0.29) is 30.3 Å². The van der Waals surface area contributed by atoms with Crippen LogP contribution in [0.25, 0.3) is 0 Å². The number of ether oxygens (including phenoxy) is 1. The van der Waals surface area contributed by atoms with Gasteiger partial charge in [0.2, 0.25) is 11.9 Å². The molecule has 1 saturated carbocycles. The third-order valence-corrected chi connectivity index (χ3v) is 3.52. The number of nitrogen functional groups attached to an aromatic ring is 2. The third-order valence-electron chi connectivity index (χ3n) is 3.52. The van der Waals surface area contributed by atoms with E-state index in [0.29, 0.717) is 0 Å². The van der Waals surface area contributed by atoms with Crippen molar-refractivity contribution in [2.75, 3.05) is 11.5 Å². The largest absolute Gasteiger partial charge is 0.457 e. The summed E-state index contributed by atoms with van der Waals surface area (Å²) in [5.41, 5.74) is 11.4. The van der Waals surface area contributed by atoms with Gasteiger partial charge in [0.1, 0.15) is 0 Å². The van der Waals surface area contributed by atoms with E-state index >= 15 is 0 Å². The number of aromatic nitrogens is 3. The van der Waals surface area contributed by atoms with Crippen LogP contribution in [0, 0.1) is 0 Å². The topological polar surface area (TPSA) is 117 Å². The molecule has 1 aromatic heterocycles. The fourth-order valence-corrected chi connectivity index (χ4v) is 2.28. The summed E-state index contributed by atoms with van der Waals surface area (Å²) in [7, 11) is 0. The number of carbonyl (C=O) groups excluding carboxylic acids is 1. The van der Waals surface area contributed by atoms with Crippen LogP contribution in [0.2, 0.25) is 0 Å². The minimum absolute atomic E-state index is 0.0118. The van der Waals surface area contributed by atoms with Gasteiger partial charge in [-0.1, -0.05) is 30.3 Å². The Kier molecular flexibility index (Phi) is 3.17. The monoisotopic (exact) mass is 285 g/mol. The lowest BCUT2D eigenvalue weighted by atomic mass is 9.96. The molecule has 1 aromatic carbocycles. The molecule has 1 heterocycles. The molecule has 0 bridgehead atoms. The molecule has 0 saturated heterocycles. The highest BCUT2D eigenvalue weighted by molar-refractivity contribution is 5.86. The Morgan fingerprint density at radius 3 is 2.29 bits per heavy atom. The molecule has 0 aliphatic heterocycles. The van der Waals surface area contributed by atoms with Gasteiger partial charge >= 0.3 is 5.97 Å². The van der Waals surface area contributed by atoms with E-state index < -0.39 is 5.41 Å². The zero-order valence-corrected chi connectivity index (χ0v) is 11.3. The van der Waals surface area contributed by atoms with E-state index in [1.807, 2.05) is 30.3 Å². The molecular formula is C14H15N5O2. The summed E-state index contributed by atoms with van der Waals surface area (Å²) in [6, 6.07) is 9.62. The molecule has 1 fully saturated rings. The van der Waals surface area contributed by atoms with Crippen LogP contribution >= 0.6 is 0 Å². The highest BCUT2D eigenvalue weighted by Crippen LogP contribution is 2.49. The highest BCUT2D eigenvalue weighted by atomic mass is 16.5. The van der Waals surface area contributed by atoms with E-state index in [2.05, 4.69) is 15.0 Å². The molecule has 0 unspecified atom stereocenters. The van der Waals surface area contributed by atoms with E-state index in [4.69, 9.17) is 16.2 Å². The minimum atomic E-state index is -0.522. The lowest BCUT2D eigenvalue weighted by molar-refractivity contribution is -0.148. The number of benzene rings is 1. The predicted octanol–water partition coefficient (Wildman–Crippen LogP) is 0.811. The minimum Gasteiger partial charge on any atom is -0.457 e. The maximum atomic E-state index is 12.3. The normalized spacial score (nSPS) is 15.4. The first-order valence-electron chi connectivity index (χ1n) is 6.59. The second-order valence-electron chi connectivity index (χ2n) is 4.99. The number of rotatable bonds is 4. The van der Waals surface area contributed by atoms with Crippen molar-refractivity contribution in [2.24, 2.45) is 0 Å². The number of hydrogen-bond donors (Lipinski definition) is 2. The molecule has 108 valence electrons. The van der Waals surface area contributed by atoms with Crippen LogP contribution in [0.4, 0.5) is 11.9 Å². The number of nitrogens with two attached hydrogens (primary N) is 2. The predicted molar refractivity (Wildman–Crippen MR) is 75.8 cm³/mol. The van der Waals surface area contributed by atoms with Crippen molar-refractivity contribution in [2.45, 2.75) is 24.9 Å². The van der Waals surface area contributed by atoms with Gasteiger partial charge in [0.25, 0.3) is 0 Å². The zero-order valence-electron chi connectivity index (χ0n) is 11.3. The van der Waals surface area contributed by atoms with Crippen LogP contribution < -0.4 is 11.5 Å². The quantitative estimate of drug-likeness (QED) is 0.798. The zero-order chi connectivity index (χ0) is 14.9. The van der Waals surface area contributed by atoms with Gasteiger partial charge in [-0.05, 0) is 18.4 Å². The Morgan fingerprint density at radius 2 is 1.71 bits per heavy atom. The van der Waals surface area contributed by atoms with Crippen LogP contribution in [0.15, 0.2) is 30.3 Å². The van der Waals surface area contributed by atoms with Crippen LogP contribution in [0.5, 0.6) is 0 Å². The van der Waals surface area contributed by atoms with Crippen LogP contribution in [-0.2, 0) is 21.6 Å². The van der Waals surface area contributed by atoms with Crippen molar-refractivity contribution in [3.8, 4) is 0 Å². The smallest absolute Gasteiger partial charge is 0.317 e. The molecule has 4 N–H and O–H groups in total. The van der Waals surface area contributed by atoms with Gasteiger partial charge in [0.05, 0.1) is 5.41 Å². The van der Waals surface area contributed by atoms with Crippen LogP contribution in [0.1, 0.15) is 24.2 Å². The van der Waals surface area contributed by atoms with Gasteiger partial charge in [-0.2, -0.15) is 15.0 Å². The summed E-state index contributed by atoms with van der Waals surface area (Å²) in [6.07, 6.45) is 1.58. The molecule has 0 atom stereocenters. The number of nitrogens with zero attached hydrogens (tertiary/aromatic N) is 3. The van der Waals surface area contributed by atoms with Gasteiger partial charge in [-0.25, -0.2) is 0 Å². The molecular weight excluding hydrogens is 270 g/mol. The lowest BCUT2D eigenvalue weighted by Crippen LogP contribution is -2.23. The van der Waals surface area contributed by atoms with E-state index in [0.717, 1.165) is 18.4 Å². The Balaban J connectivity index is 1.70. The third kappa shape index (κ3) is 2.62.